The predicted octanol–water partition coefficient (Wildman–Crippen LogP) is 5.65. The lowest BCUT2D eigenvalue weighted by Crippen LogP contribution is -2.54. The Kier molecular flexibility index (Phi) is 18.7. The molecule has 0 aromatic heterocycles. The summed E-state index contributed by atoms with van der Waals surface area (Å²) in [6.45, 7) is 7.91. The molecule has 0 fully saturated rings. The second kappa shape index (κ2) is 19.7. The predicted molar refractivity (Wildman–Crippen MR) is 138 cm³/mol. The van der Waals surface area contributed by atoms with E-state index in [0.29, 0.717) is 6.42 Å². The van der Waals surface area contributed by atoms with Gasteiger partial charge in [-0.25, -0.2) is 5.48 Å². The van der Waals surface area contributed by atoms with E-state index in [1.165, 1.54) is 70.6 Å². The lowest BCUT2D eigenvalue weighted by molar-refractivity contribution is -0.137. The van der Waals surface area contributed by atoms with Crippen molar-refractivity contribution in [3.05, 3.63) is 0 Å². The summed E-state index contributed by atoms with van der Waals surface area (Å²) >= 11 is 0. The number of rotatable bonds is 20. The molecule has 34 heavy (non-hydrogen) atoms. The van der Waals surface area contributed by atoms with Gasteiger partial charge >= 0.3 is 0 Å². The van der Waals surface area contributed by atoms with Crippen LogP contribution in [-0.4, -0.2) is 36.0 Å². The van der Waals surface area contributed by atoms with Gasteiger partial charge in [-0.15, -0.1) is 0 Å². The molecule has 3 amide bonds. The Morgan fingerprint density at radius 3 is 1.56 bits per heavy atom. The van der Waals surface area contributed by atoms with Gasteiger partial charge in [-0.05, 0) is 11.8 Å². The summed E-state index contributed by atoms with van der Waals surface area (Å²) in [6, 6.07) is -0.693. The fourth-order valence-corrected chi connectivity index (χ4v) is 4.26. The molecule has 0 saturated carbocycles. The van der Waals surface area contributed by atoms with Crippen LogP contribution in [0.3, 0.4) is 0 Å². The van der Waals surface area contributed by atoms with E-state index in [9.17, 15) is 14.4 Å². The van der Waals surface area contributed by atoms with E-state index in [0.717, 1.165) is 19.3 Å². The van der Waals surface area contributed by atoms with Crippen molar-refractivity contribution < 1.29 is 19.6 Å². The fourth-order valence-electron chi connectivity index (χ4n) is 4.26. The average Bonchev–Trinajstić information content (AvgIpc) is 2.80. The van der Waals surface area contributed by atoms with Crippen LogP contribution in [0.25, 0.3) is 0 Å². The molecule has 0 bridgehead atoms. The van der Waals surface area contributed by atoms with Crippen LogP contribution in [0.5, 0.6) is 0 Å². The first-order chi connectivity index (χ1) is 16.2. The van der Waals surface area contributed by atoms with Gasteiger partial charge in [0.05, 0.1) is 0 Å². The fraction of sp³-hybridized carbons (Fsp3) is 0.889. The Balaban J connectivity index is 4.25. The smallest absolute Gasteiger partial charge is 0.244 e. The first kappa shape index (κ1) is 32.4. The molecule has 0 aromatic carbocycles. The Morgan fingerprint density at radius 1 is 0.735 bits per heavy atom. The molecule has 0 radical (unpaired) electrons. The number of likely N-dealkylation sites (N-methyl/N-ethyl adjacent to an activating group) is 1. The van der Waals surface area contributed by atoms with Crippen molar-refractivity contribution in [2.24, 2.45) is 11.3 Å². The molecular weight excluding hydrogens is 430 g/mol. The minimum atomic E-state index is -0.693. The van der Waals surface area contributed by atoms with Crippen molar-refractivity contribution in [2.45, 2.75) is 136 Å². The molecule has 0 heterocycles. The van der Waals surface area contributed by atoms with Crippen LogP contribution < -0.4 is 16.1 Å². The zero-order valence-corrected chi connectivity index (χ0v) is 22.6. The SMILES string of the molecule is CCCCCCCCCCCCCCCC[C@H](CC(=O)NO)C(=O)NC(C(=O)NC)C(C)(C)C. The molecule has 4 N–H and O–H groups in total. The topological polar surface area (TPSA) is 108 Å². The maximum Gasteiger partial charge on any atom is 0.244 e. The van der Waals surface area contributed by atoms with Crippen molar-refractivity contribution in [1.29, 1.82) is 0 Å². The second-order valence-corrected chi connectivity index (χ2v) is 10.7. The lowest BCUT2D eigenvalue weighted by Gasteiger charge is -2.31. The van der Waals surface area contributed by atoms with E-state index in [1.807, 2.05) is 20.8 Å². The molecule has 2 atom stereocenters. The number of amides is 3. The van der Waals surface area contributed by atoms with Crippen LogP contribution >= 0.6 is 0 Å². The molecule has 200 valence electrons. The quantitative estimate of drug-likeness (QED) is 0.102. The van der Waals surface area contributed by atoms with Crippen LogP contribution in [0.1, 0.15) is 130 Å². The number of carbonyl (C=O) groups excluding carboxylic acids is 3. The molecule has 1 unspecified atom stereocenters. The number of unbranched alkanes of at least 4 members (excludes halogenated alkanes) is 13. The van der Waals surface area contributed by atoms with Crippen molar-refractivity contribution in [1.82, 2.24) is 16.1 Å². The third kappa shape index (κ3) is 16.1. The van der Waals surface area contributed by atoms with Crippen molar-refractivity contribution in [3.63, 3.8) is 0 Å². The summed E-state index contributed by atoms with van der Waals surface area (Å²) in [5, 5.41) is 14.3. The minimum Gasteiger partial charge on any atom is -0.357 e. The summed E-state index contributed by atoms with van der Waals surface area (Å²) in [4.78, 5) is 36.9. The first-order valence-corrected chi connectivity index (χ1v) is 13.6. The maximum atomic E-state index is 12.9. The van der Waals surface area contributed by atoms with Crippen molar-refractivity contribution >= 4 is 17.7 Å². The Bertz CT molecular complexity index is 561. The van der Waals surface area contributed by atoms with Gasteiger partial charge in [0.15, 0.2) is 0 Å². The normalized spacial score (nSPS) is 13.2. The van der Waals surface area contributed by atoms with E-state index in [-0.39, 0.29) is 18.2 Å². The summed E-state index contributed by atoms with van der Waals surface area (Å²) in [5.74, 6) is -1.73. The average molecular weight is 484 g/mol. The first-order valence-electron chi connectivity index (χ1n) is 13.6. The number of nitrogens with one attached hydrogen (secondary N) is 3. The standard InChI is InChI=1S/C27H53N3O4/c1-6-7-8-9-10-11-12-13-14-15-16-17-18-19-20-22(21-23(31)30-34)25(32)29-24(26(33)28-5)27(2,3)4/h22,24,34H,6-21H2,1-5H3,(H,28,33)(H,29,32)(H,30,31)/t22-,24?/m1/s1. The molecule has 0 aromatic rings. The van der Waals surface area contributed by atoms with Crippen LogP contribution in [0.2, 0.25) is 0 Å². The molecule has 0 aliphatic heterocycles. The van der Waals surface area contributed by atoms with Gasteiger partial charge in [0.2, 0.25) is 17.7 Å². The number of hydrogen-bond donors (Lipinski definition) is 4. The molecule has 0 saturated heterocycles. The van der Waals surface area contributed by atoms with E-state index in [1.54, 1.807) is 12.5 Å². The van der Waals surface area contributed by atoms with E-state index in [2.05, 4.69) is 17.6 Å². The molecular formula is C27H53N3O4. The third-order valence-corrected chi connectivity index (χ3v) is 6.49. The Labute approximate surface area is 208 Å². The molecule has 0 aliphatic rings. The van der Waals surface area contributed by atoms with Crippen LogP contribution in [0, 0.1) is 11.3 Å². The second-order valence-electron chi connectivity index (χ2n) is 10.7. The van der Waals surface area contributed by atoms with Crippen LogP contribution in [-0.2, 0) is 14.4 Å². The number of hydroxylamine groups is 1. The minimum absolute atomic E-state index is 0.0919. The number of hydrogen-bond acceptors (Lipinski definition) is 4. The van der Waals surface area contributed by atoms with Crippen molar-refractivity contribution in [2.75, 3.05) is 7.05 Å². The van der Waals surface area contributed by atoms with E-state index >= 15 is 0 Å². The number of carbonyl (C=O) groups is 3. The highest BCUT2D eigenvalue weighted by molar-refractivity contribution is 5.90. The highest BCUT2D eigenvalue weighted by Crippen LogP contribution is 2.22. The van der Waals surface area contributed by atoms with Gasteiger partial charge in [0, 0.05) is 19.4 Å². The van der Waals surface area contributed by atoms with E-state index < -0.39 is 23.3 Å². The summed E-state index contributed by atoms with van der Waals surface area (Å²) in [6.07, 6.45) is 18.1. The Hall–Kier alpha value is -1.63. The van der Waals surface area contributed by atoms with Gasteiger partial charge < -0.3 is 10.6 Å². The molecule has 7 heteroatoms. The highest BCUT2D eigenvalue weighted by Gasteiger charge is 2.34. The van der Waals surface area contributed by atoms with E-state index in [4.69, 9.17) is 5.21 Å². The monoisotopic (exact) mass is 483 g/mol. The third-order valence-electron chi connectivity index (χ3n) is 6.49. The molecule has 0 spiro atoms. The van der Waals surface area contributed by atoms with Gasteiger partial charge in [-0.2, -0.15) is 0 Å². The zero-order valence-electron chi connectivity index (χ0n) is 22.6. The van der Waals surface area contributed by atoms with Crippen LogP contribution in [0.4, 0.5) is 0 Å². The molecule has 0 rings (SSSR count). The van der Waals surface area contributed by atoms with Crippen LogP contribution in [0.15, 0.2) is 0 Å². The van der Waals surface area contributed by atoms with Crippen molar-refractivity contribution in [3.8, 4) is 0 Å². The lowest BCUT2D eigenvalue weighted by atomic mass is 9.85. The largest absolute Gasteiger partial charge is 0.357 e. The molecule has 0 aliphatic carbocycles. The summed E-state index contributed by atoms with van der Waals surface area (Å²) in [7, 11) is 1.54. The van der Waals surface area contributed by atoms with Gasteiger partial charge in [0.25, 0.3) is 0 Å². The summed E-state index contributed by atoms with van der Waals surface area (Å²) in [5.41, 5.74) is 1.16. The summed E-state index contributed by atoms with van der Waals surface area (Å²) < 4.78 is 0. The highest BCUT2D eigenvalue weighted by atomic mass is 16.5. The Morgan fingerprint density at radius 2 is 1.18 bits per heavy atom. The van der Waals surface area contributed by atoms with Gasteiger partial charge in [-0.1, -0.05) is 118 Å². The maximum absolute atomic E-state index is 12.9. The van der Waals surface area contributed by atoms with Gasteiger partial charge in [-0.3, -0.25) is 19.6 Å². The molecule has 7 nitrogen and oxygen atoms in total. The van der Waals surface area contributed by atoms with Gasteiger partial charge in [0.1, 0.15) is 6.04 Å². The zero-order chi connectivity index (χ0) is 25.8.